The van der Waals surface area contributed by atoms with Crippen LogP contribution >= 0.6 is 0 Å². The van der Waals surface area contributed by atoms with Crippen molar-refractivity contribution in [3.05, 3.63) is 53.6 Å². The summed E-state index contributed by atoms with van der Waals surface area (Å²) < 4.78 is 5.61. The molecule has 182 valence electrons. The molecule has 2 heterocycles. The molecule has 2 aliphatic heterocycles. The van der Waals surface area contributed by atoms with Gasteiger partial charge in [0.2, 0.25) is 17.7 Å². The average Bonchev–Trinajstić information content (AvgIpc) is 3.32. The number of carbonyl (C=O) groups is 4. The van der Waals surface area contributed by atoms with Crippen molar-refractivity contribution >= 4 is 35.1 Å². The van der Waals surface area contributed by atoms with Crippen LogP contribution in [-0.4, -0.2) is 30.2 Å². The topological polar surface area (TPSA) is 84.0 Å². The highest BCUT2D eigenvalue weighted by Gasteiger charge is 2.50. The third-order valence-corrected chi connectivity index (χ3v) is 7.59. The van der Waals surface area contributed by atoms with Gasteiger partial charge in [0.25, 0.3) is 0 Å². The van der Waals surface area contributed by atoms with Crippen LogP contribution in [0.2, 0.25) is 0 Å². The summed E-state index contributed by atoms with van der Waals surface area (Å²) in [5.41, 5.74) is 3.05. The number of hydrogen-bond donors (Lipinski definition) is 0. The van der Waals surface area contributed by atoms with Gasteiger partial charge in [-0.25, -0.2) is 4.90 Å². The molecule has 3 aliphatic rings. The molecule has 0 spiro atoms. The van der Waals surface area contributed by atoms with Crippen LogP contribution < -0.4 is 14.5 Å². The molecule has 0 aromatic heterocycles. The van der Waals surface area contributed by atoms with Gasteiger partial charge >= 0.3 is 5.97 Å². The quantitative estimate of drug-likeness (QED) is 0.377. The monoisotopic (exact) mass is 474 g/mol. The van der Waals surface area contributed by atoms with Gasteiger partial charge in [0.15, 0.2) is 0 Å². The Morgan fingerprint density at radius 3 is 2.49 bits per heavy atom. The molecular formula is C28H30N2O5. The second-order valence-electron chi connectivity index (χ2n) is 10.3. The molecule has 35 heavy (non-hydrogen) atoms. The van der Waals surface area contributed by atoms with Crippen molar-refractivity contribution in [3.63, 3.8) is 0 Å². The summed E-state index contributed by atoms with van der Waals surface area (Å²) in [6, 6.07) is 12.6. The summed E-state index contributed by atoms with van der Waals surface area (Å²) in [5.74, 6) is -1.07. The lowest BCUT2D eigenvalue weighted by Crippen LogP contribution is -2.31. The van der Waals surface area contributed by atoms with Gasteiger partial charge in [-0.15, -0.1) is 0 Å². The first-order valence-electron chi connectivity index (χ1n) is 12.3. The van der Waals surface area contributed by atoms with Crippen molar-refractivity contribution in [3.8, 4) is 5.75 Å². The Bertz CT molecular complexity index is 1220. The van der Waals surface area contributed by atoms with E-state index in [1.165, 1.54) is 4.90 Å². The van der Waals surface area contributed by atoms with Gasteiger partial charge in [-0.3, -0.25) is 19.2 Å². The van der Waals surface area contributed by atoms with Gasteiger partial charge in [-0.05, 0) is 80.5 Å². The molecule has 2 aromatic rings. The third kappa shape index (κ3) is 4.24. The number of aryl methyl sites for hydroxylation is 2. The fraction of sp³-hybridized carbons (Fsp3) is 0.429. The highest BCUT2D eigenvalue weighted by Crippen LogP contribution is 2.43. The van der Waals surface area contributed by atoms with Crippen molar-refractivity contribution in [1.82, 2.24) is 0 Å². The lowest BCUT2D eigenvalue weighted by atomic mass is 9.76. The number of hydrogen-bond acceptors (Lipinski definition) is 5. The van der Waals surface area contributed by atoms with Gasteiger partial charge in [0, 0.05) is 18.7 Å². The van der Waals surface area contributed by atoms with E-state index in [1.807, 2.05) is 31.2 Å². The van der Waals surface area contributed by atoms with Crippen LogP contribution in [0.5, 0.6) is 5.75 Å². The first kappa shape index (κ1) is 23.3. The summed E-state index contributed by atoms with van der Waals surface area (Å²) in [7, 11) is 0. The number of benzene rings is 2. The summed E-state index contributed by atoms with van der Waals surface area (Å²) in [4.78, 5) is 54.4. The fourth-order valence-corrected chi connectivity index (χ4v) is 5.68. The average molecular weight is 475 g/mol. The molecule has 2 saturated heterocycles. The minimum Gasteiger partial charge on any atom is -0.426 e. The Labute approximate surface area is 205 Å². The molecule has 3 amide bonds. The van der Waals surface area contributed by atoms with Crippen LogP contribution in [0.15, 0.2) is 42.5 Å². The van der Waals surface area contributed by atoms with E-state index in [9.17, 15) is 19.2 Å². The molecule has 0 unspecified atom stereocenters. The molecule has 4 atom stereocenters. The minimum absolute atomic E-state index is 0.0990. The number of fused-ring (bicyclic) bond motifs is 1. The second-order valence-corrected chi connectivity index (χ2v) is 10.3. The SMILES string of the molecule is Cc1cccc(N2C[C@H](C(=O)Oc3ccc(N4C(=O)[C@@H]5CC[C@H](C)C[C@H]5C4=O)c(C)c3)CC2=O)c1. The zero-order valence-corrected chi connectivity index (χ0v) is 20.3. The Balaban J connectivity index is 1.28. The number of nitrogens with zero attached hydrogens (tertiary/aromatic N) is 2. The Hall–Kier alpha value is -3.48. The van der Waals surface area contributed by atoms with Crippen LogP contribution in [-0.2, 0) is 19.2 Å². The van der Waals surface area contributed by atoms with Crippen LogP contribution in [0.1, 0.15) is 43.7 Å². The molecule has 2 aromatic carbocycles. The van der Waals surface area contributed by atoms with Crippen LogP contribution in [0.3, 0.4) is 0 Å². The Kier molecular flexibility index (Phi) is 5.95. The predicted molar refractivity (Wildman–Crippen MR) is 131 cm³/mol. The number of imide groups is 1. The van der Waals surface area contributed by atoms with E-state index < -0.39 is 11.9 Å². The number of carbonyl (C=O) groups excluding carboxylic acids is 4. The summed E-state index contributed by atoms with van der Waals surface area (Å²) in [6.07, 6.45) is 2.57. The van der Waals surface area contributed by atoms with Crippen LogP contribution in [0.4, 0.5) is 11.4 Å². The third-order valence-electron chi connectivity index (χ3n) is 7.59. The highest BCUT2D eigenvalue weighted by atomic mass is 16.5. The number of ether oxygens (including phenoxy) is 1. The van der Waals surface area contributed by atoms with E-state index in [4.69, 9.17) is 4.74 Å². The Morgan fingerprint density at radius 2 is 1.74 bits per heavy atom. The van der Waals surface area contributed by atoms with Crippen LogP contribution in [0.25, 0.3) is 0 Å². The number of rotatable bonds is 4. The van der Waals surface area contributed by atoms with Gasteiger partial charge in [0.1, 0.15) is 5.75 Å². The summed E-state index contributed by atoms with van der Waals surface area (Å²) in [6.45, 7) is 6.16. The lowest BCUT2D eigenvalue weighted by Gasteiger charge is -2.25. The lowest BCUT2D eigenvalue weighted by molar-refractivity contribution is -0.139. The second kappa shape index (κ2) is 8.95. The first-order chi connectivity index (χ1) is 16.7. The number of anilines is 2. The van der Waals surface area contributed by atoms with Crippen molar-refractivity contribution < 1.29 is 23.9 Å². The molecule has 1 aliphatic carbocycles. The van der Waals surface area contributed by atoms with Gasteiger partial charge < -0.3 is 9.64 Å². The highest BCUT2D eigenvalue weighted by molar-refractivity contribution is 6.22. The fourth-order valence-electron chi connectivity index (χ4n) is 5.68. The van der Waals surface area contributed by atoms with E-state index in [0.717, 1.165) is 30.5 Å². The van der Waals surface area contributed by atoms with E-state index in [0.29, 0.717) is 22.9 Å². The van der Waals surface area contributed by atoms with E-state index >= 15 is 0 Å². The molecule has 1 saturated carbocycles. The molecule has 3 fully saturated rings. The largest absolute Gasteiger partial charge is 0.426 e. The van der Waals surface area contributed by atoms with Crippen LogP contribution in [0, 0.1) is 37.5 Å². The molecule has 0 N–H and O–H groups in total. The molecule has 0 bridgehead atoms. The number of esters is 1. The van der Waals surface area contributed by atoms with Crippen molar-refractivity contribution in [2.75, 3.05) is 16.3 Å². The normalized spacial score (nSPS) is 26.3. The molecular weight excluding hydrogens is 444 g/mol. The Morgan fingerprint density at radius 1 is 0.971 bits per heavy atom. The molecule has 7 nitrogen and oxygen atoms in total. The predicted octanol–water partition coefficient (Wildman–Crippen LogP) is 4.19. The number of amides is 3. The maximum Gasteiger partial charge on any atom is 0.316 e. The maximum atomic E-state index is 13.1. The summed E-state index contributed by atoms with van der Waals surface area (Å²) in [5, 5.41) is 0. The molecule has 5 rings (SSSR count). The van der Waals surface area contributed by atoms with Crippen molar-refractivity contribution in [1.29, 1.82) is 0 Å². The van der Waals surface area contributed by atoms with Crippen molar-refractivity contribution in [2.45, 2.75) is 46.5 Å². The van der Waals surface area contributed by atoms with Crippen molar-refractivity contribution in [2.24, 2.45) is 23.7 Å². The van der Waals surface area contributed by atoms with E-state index in [1.54, 1.807) is 30.0 Å². The van der Waals surface area contributed by atoms with Gasteiger partial charge in [0.05, 0.1) is 23.4 Å². The standard InChI is InChI=1S/C28H30N2O5/c1-16-5-4-6-20(11-16)29-15-19(14-25(29)31)28(34)35-21-8-10-24(18(3)13-21)30-26(32)22-9-7-17(2)12-23(22)27(30)33/h4-6,8,10-11,13,17,19,22-23H,7,9,12,14-15H2,1-3H3/t17-,19+,22+,23+/m0/s1. The smallest absolute Gasteiger partial charge is 0.316 e. The molecule has 7 heteroatoms. The molecule has 0 radical (unpaired) electrons. The summed E-state index contributed by atoms with van der Waals surface area (Å²) >= 11 is 0. The van der Waals surface area contributed by atoms with Gasteiger partial charge in [-0.1, -0.05) is 19.1 Å². The van der Waals surface area contributed by atoms with E-state index in [2.05, 4.69) is 6.92 Å². The zero-order valence-electron chi connectivity index (χ0n) is 20.3. The first-order valence-corrected chi connectivity index (χ1v) is 12.3. The zero-order chi connectivity index (χ0) is 24.9. The van der Waals surface area contributed by atoms with E-state index in [-0.39, 0.29) is 42.5 Å². The maximum absolute atomic E-state index is 13.1. The van der Waals surface area contributed by atoms with Gasteiger partial charge in [-0.2, -0.15) is 0 Å². The minimum atomic E-state index is -0.560.